The summed E-state index contributed by atoms with van der Waals surface area (Å²) in [5, 5.41) is 18.6. The zero-order chi connectivity index (χ0) is 11.2. The average Bonchev–Trinajstić information content (AvgIpc) is 2.93. The molecular formula is C9H14O7. The van der Waals surface area contributed by atoms with Gasteiger partial charge in [0.05, 0.1) is 6.61 Å². The molecule has 0 aromatic rings. The van der Waals surface area contributed by atoms with Gasteiger partial charge in [-0.05, 0) is 0 Å². The Labute approximate surface area is 91.8 Å². The predicted octanol–water partition coefficient (Wildman–Crippen LogP) is -1.82. The van der Waals surface area contributed by atoms with Crippen molar-refractivity contribution in [1.29, 1.82) is 0 Å². The molecule has 0 spiro atoms. The normalized spacial score (nSPS) is 51.4. The molecule has 0 aromatic heterocycles. The number of aliphatic hydroxyl groups is 2. The first-order chi connectivity index (χ1) is 7.80. The second kappa shape index (κ2) is 3.88. The minimum absolute atomic E-state index is 0.0377. The Balaban J connectivity index is 1.90. The Morgan fingerprint density at radius 3 is 2.62 bits per heavy atom. The second-order valence-electron chi connectivity index (χ2n) is 4.04. The number of fused-ring (bicyclic) bond motifs is 3. The van der Waals surface area contributed by atoms with E-state index in [-0.39, 0.29) is 39.0 Å². The minimum atomic E-state index is -1.23. The van der Waals surface area contributed by atoms with E-state index >= 15 is 0 Å². The molecule has 0 radical (unpaired) electrons. The van der Waals surface area contributed by atoms with Crippen LogP contribution < -0.4 is 0 Å². The van der Waals surface area contributed by atoms with Gasteiger partial charge in [0.15, 0.2) is 6.79 Å². The van der Waals surface area contributed by atoms with Gasteiger partial charge < -0.3 is 33.9 Å². The molecule has 0 amide bonds. The number of hydrogen-bond donors (Lipinski definition) is 2. The highest BCUT2D eigenvalue weighted by Gasteiger charge is 2.61. The van der Waals surface area contributed by atoms with Gasteiger partial charge in [0.25, 0.3) is 0 Å². The van der Waals surface area contributed by atoms with Gasteiger partial charge >= 0.3 is 0 Å². The van der Waals surface area contributed by atoms with Crippen LogP contribution in [0.15, 0.2) is 0 Å². The molecule has 5 unspecified atom stereocenters. The standard InChI is InChI=1S/C9H14O7/c10-1-5-6-7(13-3-12-6)8-9(2-11,16-5)15-4-14-8/h5-8,10-11H,1-4H2. The van der Waals surface area contributed by atoms with Crippen LogP contribution in [-0.2, 0) is 23.7 Å². The summed E-state index contributed by atoms with van der Waals surface area (Å²) < 4.78 is 26.9. The fourth-order valence-corrected chi connectivity index (χ4v) is 2.46. The number of aliphatic hydroxyl groups excluding tert-OH is 2. The van der Waals surface area contributed by atoms with Crippen molar-refractivity contribution in [2.24, 2.45) is 0 Å². The van der Waals surface area contributed by atoms with E-state index in [1.165, 1.54) is 0 Å². The first-order valence-electron chi connectivity index (χ1n) is 5.19. The molecule has 0 saturated carbocycles. The summed E-state index contributed by atoms with van der Waals surface area (Å²) in [5.74, 6) is -1.23. The third-order valence-electron chi connectivity index (χ3n) is 3.25. The van der Waals surface area contributed by atoms with E-state index in [4.69, 9.17) is 23.7 Å². The Kier molecular flexibility index (Phi) is 2.63. The van der Waals surface area contributed by atoms with Gasteiger partial charge in [0, 0.05) is 0 Å². The van der Waals surface area contributed by atoms with Crippen LogP contribution >= 0.6 is 0 Å². The van der Waals surface area contributed by atoms with Crippen molar-refractivity contribution in [3.63, 3.8) is 0 Å². The highest BCUT2D eigenvalue weighted by atomic mass is 16.8. The third-order valence-corrected chi connectivity index (χ3v) is 3.25. The first kappa shape index (κ1) is 10.8. The maximum atomic E-state index is 9.38. The summed E-state index contributed by atoms with van der Waals surface area (Å²) in [6.07, 6.45) is -1.85. The molecule has 92 valence electrons. The molecule has 0 aliphatic carbocycles. The van der Waals surface area contributed by atoms with Gasteiger partial charge in [-0.2, -0.15) is 0 Å². The highest BCUT2D eigenvalue weighted by Crippen LogP contribution is 2.41. The lowest BCUT2D eigenvalue weighted by molar-refractivity contribution is -0.309. The van der Waals surface area contributed by atoms with Crippen molar-refractivity contribution < 1.29 is 33.9 Å². The fourth-order valence-electron chi connectivity index (χ4n) is 2.46. The molecule has 2 N–H and O–H groups in total. The molecule has 3 rings (SSSR count). The molecule has 3 aliphatic heterocycles. The zero-order valence-corrected chi connectivity index (χ0v) is 8.57. The molecule has 3 aliphatic rings. The molecule has 0 bridgehead atoms. The van der Waals surface area contributed by atoms with Crippen LogP contribution in [0.25, 0.3) is 0 Å². The summed E-state index contributed by atoms with van der Waals surface area (Å²) in [5.41, 5.74) is 0. The lowest BCUT2D eigenvalue weighted by Gasteiger charge is -2.43. The van der Waals surface area contributed by atoms with Crippen molar-refractivity contribution in [2.75, 3.05) is 26.8 Å². The van der Waals surface area contributed by atoms with Crippen LogP contribution in [0.4, 0.5) is 0 Å². The Bertz CT molecular complexity index is 273. The zero-order valence-electron chi connectivity index (χ0n) is 8.57. The maximum absolute atomic E-state index is 9.38. The van der Waals surface area contributed by atoms with E-state index in [0.717, 1.165) is 0 Å². The largest absolute Gasteiger partial charge is 0.394 e. The molecule has 3 heterocycles. The smallest absolute Gasteiger partial charge is 0.224 e. The lowest BCUT2D eigenvalue weighted by atomic mass is 9.93. The average molecular weight is 234 g/mol. The van der Waals surface area contributed by atoms with Gasteiger partial charge in [-0.1, -0.05) is 0 Å². The topological polar surface area (TPSA) is 86.6 Å². The summed E-state index contributed by atoms with van der Waals surface area (Å²) >= 11 is 0. The monoisotopic (exact) mass is 234 g/mol. The van der Waals surface area contributed by atoms with Crippen molar-refractivity contribution >= 4 is 0 Å². The molecule has 0 aromatic carbocycles. The number of rotatable bonds is 2. The molecule has 3 saturated heterocycles. The van der Waals surface area contributed by atoms with Crippen LogP contribution in [0.1, 0.15) is 0 Å². The molecule has 3 fully saturated rings. The van der Waals surface area contributed by atoms with Crippen molar-refractivity contribution in [2.45, 2.75) is 30.2 Å². The maximum Gasteiger partial charge on any atom is 0.224 e. The number of ether oxygens (including phenoxy) is 5. The van der Waals surface area contributed by atoms with E-state index in [2.05, 4.69) is 0 Å². The Morgan fingerprint density at radius 1 is 1.06 bits per heavy atom. The Morgan fingerprint density at radius 2 is 1.88 bits per heavy atom. The van der Waals surface area contributed by atoms with Gasteiger partial charge in [-0.3, -0.25) is 0 Å². The van der Waals surface area contributed by atoms with Crippen LogP contribution in [0.2, 0.25) is 0 Å². The number of hydrogen-bond acceptors (Lipinski definition) is 7. The van der Waals surface area contributed by atoms with E-state index in [1.807, 2.05) is 0 Å². The van der Waals surface area contributed by atoms with Crippen LogP contribution in [-0.4, -0.2) is 67.2 Å². The first-order valence-corrected chi connectivity index (χ1v) is 5.19. The fraction of sp³-hybridized carbons (Fsp3) is 1.00. The van der Waals surface area contributed by atoms with Crippen molar-refractivity contribution in [3.8, 4) is 0 Å². The second-order valence-corrected chi connectivity index (χ2v) is 4.04. The molecule has 5 atom stereocenters. The van der Waals surface area contributed by atoms with Gasteiger partial charge in [0.2, 0.25) is 5.79 Å². The van der Waals surface area contributed by atoms with Crippen LogP contribution in [0.3, 0.4) is 0 Å². The summed E-state index contributed by atoms with van der Waals surface area (Å²) in [4.78, 5) is 0. The van der Waals surface area contributed by atoms with Gasteiger partial charge in [-0.25, -0.2) is 0 Å². The van der Waals surface area contributed by atoms with Crippen molar-refractivity contribution in [1.82, 2.24) is 0 Å². The molecule has 16 heavy (non-hydrogen) atoms. The summed E-state index contributed by atoms with van der Waals surface area (Å²) in [6.45, 7) is -0.393. The third kappa shape index (κ3) is 1.34. The van der Waals surface area contributed by atoms with E-state index in [1.54, 1.807) is 0 Å². The van der Waals surface area contributed by atoms with Crippen LogP contribution in [0.5, 0.6) is 0 Å². The quantitative estimate of drug-likeness (QED) is 0.581. The molecule has 7 heteroatoms. The Hall–Kier alpha value is -0.280. The van der Waals surface area contributed by atoms with E-state index in [0.29, 0.717) is 0 Å². The molecule has 7 nitrogen and oxygen atoms in total. The minimum Gasteiger partial charge on any atom is -0.394 e. The summed E-state index contributed by atoms with van der Waals surface area (Å²) in [7, 11) is 0. The van der Waals surface area contributed by atoms with E-state index in [9.17, 15) is 10.2 Å². The molecular weight excluding hydrogens is 220 g/mol. The highest BCUT2D eigenvalue weighted by molar-refractivity contribution is 5.02. The van der Waals surface area contributed by atoms with Gasteiger partial charge in [-0.15, -0.1) is 0 Å². The van der Waals surface area contributed by atoms with Crippen LogP contribution in [0, 0.1) is 0 Å². The van der Waals surface area contributed by atoms with Gasteiger partial charge in [0.1, 0.15) is 37.8 Å². The van der Waals surface area contributed by atoms with E-state index < -0.39 is 18.0 Å². The predicted molar refractivity (Wildman–Crippen MR) is 47.2 cm³/mol. The van der Waals surface area contributed by atoms with Crippen molar-refractivity contribution in [3.05, 3.63) is 0 Å². The SMILES string of the molecule is OCC1OC2(CO)OCOC2C2OCOC12. The lowest BCUT2D eigenvalue weighted by Crippen LogP contribution is -2.64. The summed E-state index contributed by atoms with van der Waals surface area (Å²) in [6, 6.07) is 0.